The van der Waals surface area contributed by atoms with E-state index in [1.54, 1.807) is 12.1 Å². The molecule has 4 rings (SSSR count). The Kier molecular flexibility index (Phi) is 7.96. The first-order chi connectivity index (χ1) is 17.4. The summed E-state index contributed by atoms with van der Waals surface area (Å²) in [7, 11) is 0. The SMILES string of the molecule is CCc1ccccc1NC(=O)NCc1nnc(SCc2cccc(C)c2)n1-c1ccc([N+](=O)[O-])cc1. The molecule has 4 aromatic rings. The fourth-order valence-electron chi connectivity index (χ4n) is 3.72. The normalized spacial score (nSPS) is 10.7. The average Bonchev–Trinajstić information content (AvgIpc) is 3.29. The quantitative estimate of drug-likeness (QED) is 0.173. The molecule has 1 heterocycles. The van der Waals surface area contributed by atoms with Crippen LogP contribution in [0.15, 0.2) is 78.0 Å². The molecule has 0 saturated heterocycles. The molecule has 36 heavy (non-hydrogen) atoms. The molecule has 1 aromatic heterocycles. The molecule has 0 spiro atoms. The molecule has 0 unspecified atom stereocenters. The molecule has 0 atom stereocenters. The average molecular weight is 503 g/mol. The van der Waals surface area contributed by atoms with Gasteiger partial charge in [0.2, 0.25) is 0 Å². The highest BCUT2D eigenvalue weighted by atomic mass is 32.2. The molecule has 0 aliphatic heterocycles. The topological polar surface area (TPSA) is 115 Å². The summed E-state index contributed by atoms with van der Waals surface area (Å²) < 4.78 is 1.81. The van der Waals surface area contributed by atoms with Gasteiger partial charge in [0.1, 0.15) is 0 Å². The molecule has 0 saturated carbocycles. The number of urea groups is 1. The number of rotatable bonds is 9. The Morgan fingerprint density at radius 2 is 1.83 bits per heavy atom. The maximum atomic E-state index is 12.6. The lowest BCUT2D eigenvalue weighted by molar-refractivity contribution is -0.384. The summed E-state index contributed by atoms with van der Waals surface area (Å²) in [6.07, 6.45) is 0.798. The van der Waals surface area contributed by atoms with Crippen molar-refractivity contribution in [2.75, 3.05) is 5.32 Å². The number of non-ortho nitro benzene ring substituents is 1. The second-order valence-electron chi connectivity index (χ2n) is 8.10. The van der Waals surface area contributed by atoms with E-state index in [4.69, 9.17) is 0 Å². The van der Waals surface area contributed by atoms with Crippen molar-refractivity contribution in [2.24, 2.45) is 0 Å². The van der Waals surface area contributed by atoms with Gasteiger partial charge in [-0.1, -0.05) is 66.7 Å². The Hall–Kier alpha value is -4.18. The Morgan fingerprint density at radius 3 is 2.56 bits per heavy atom. The van der Waals surface area contributed by atoms with Crippen LogP contribution in [0, 0.1) is 17.0 Å². The molecule has 9 nitrogen and oxygen atoms in total. The first-order valence-corrected chi connectivity index (χ1v) is 12.4. The van der Waals surface area contributed by atoms with Crippen molar-refractivity contribution in [3.63, 3.8) is 0 Å². The van der Waals surface area contributed by atoms with Gasteiger partial charge in [0.05, 0.1) is 11.5 Å². The molecule has 2 N–H and O–H groups in total. The molecule has 0 fully saturated rings. The minimum atomic E-state index is -0.440. The molecule has 10 heteroatoms. The Morgan fingerprint density at radius 1 is 1.06 bits per heavy atom. The second-order valence-corrected chi connectivity index (χ2v) is 9.05. The number of hydrogen-bond acceptors (Lipinski definition) is 6. The van der Waals surface area contributed by atoms with Gasteiger partial charge in [-0.2, -0.15) is 0 Å². The van der Waals surface area contributed by atoms with Crippen LogP contribution in [0.4, 0.5) is 16.2 Å². The zero-order valence-electron chi connectivity index (χ0n) is 20.0. The standard InChI is InChI=1S/C26H26N6O3S/c1-3-20-9-4-5-10-23(20)28-25(33)27-16-24-29-30-26(36-17-19-8-6-7-18(2)15-19)31(24)21-11-13-22(14-12-21)32(34)35/h4-15H,3,16-17H2,1-2H3,(H2,27,28,33). The van der Waals surface area contributed by atoms with Crippen molar-refractivity contribution >= 4 is 29.2 Å². The molecule has 184 valence electrons. The molecule has 0 aliphatic carbocycles. The van der Waals surface area contributed by atoms with Gasteiger partial charge < -0.3 is 10.6 Å². The van der Waals surface area contributed by atoms with Crippen molar-refractivity contribution in [1.82, 2.24) is 20.1 Å². The number of carbonyl (C=O) groups is 1. The maximum Gasteiger partial charge on any atom is 0.319 e. The largest absolute Gasteiger partial charge is 0.331 e. The van der Waals surface area contributed by atoms with E-state index in [0.29, 0.717) is 22.4 Å². The van der Waals surface area contributed by atoms with Crippen LogP contribution in [0.1, 0.15) is 29.4 Å². The lowest BCUT2D eigenvalue weighted by atomic mass is 10.1. The third-order valence-electron chi connectivity index (χ3n) is 5.52. The van der Waals surface area contributed by atoms with Crippen LogP contribution in [0.3, 0.4) is 0 Å². The smallest absolute Gasteiger partial charge is 0.319 e. The fourth-order valence-corrected chi connectivity index (χ4v) is 4.63. The van der Waals surface area contributed by atoms with Crippen LogP contribution in [-0.4, -0.2) is 25.7 Å². The number of nitro groups is 1. The van der Waals surface area contributed by atoms with Gasteiger partial charge >= 0.3 is 6.03 Å². The van der Waals surface area contributed by atoms with Crippen LogP contribution in [0.25, 0.3) is 5.69 Å². The highest BCUT2D eigenvalue weighted by Gasteiger charge is 2.17. The predicted octanol–water partition coefficient (Wildman–Crippen LogP) is 5.66. The Balaban J connectivity index is 1.55. The van der Waals surface area contributed by atoms with Crippen molar-refractivity contribution in [3.05, 3.63) is 105 Å². The van der Waals surface area contributed by atoms with E-state index < -0.39 is 4.92 Å². The summed E-state index contributed by atoms with van der Waals surface area (Å²) in [4.78, 5) is 23.3. The molecule has 0 aliphatic rings. The number of amides is 2. The monoisotopic (exact) mass is 502 g/mol. The van der Waals surface area contributed by atoms with Gasteiger partial charge in [0.25, 0.3) is 5.69 Å². The predicted molar refractivity (Wildman–Crippen MR) is 140 cm³/mol. The number of nitrogens with zero attached hydrogens (tertiary/aromatic N) is 4. The van der Waals surface area contributed by atoms with Crippen molar-refractivity contribution in [3.8, 4) is 5.69 Å². The lowest BCUT2D eigenvalue weighted by Crippen LogP contribution is -2.29. The third-order valence-corrected chi connectivity index (χ3v) is 6.52. The van der Waals surface area contributed by atoms with Crippen LogP contribution < -0.4 is 10.6 Å². The number of benzene rings is 3. The van der Waals surface area contributed by atoms with Crippen molar-refractivity contribution < 1.29 is 9.72 Å². The van der Waals surface area contributed by atoms with Gasteiger partial charge in [-0.3, -0.25) is 14.7 Å². The zero-order chi connectivity index (χ0) is 25.5. The number of carbonyl (C=O) groups excluding carboxylic acids is 1. The number of nitrogens with one attached hydrogen (secondary N) is 2. The minimum absolute atomic E-state index is 0.00516. The van der Waals surface area contributed by atoms with E-state index >= 15 is 0 Å². The second kappa shape index (κ2) is 11.5. The van der Waals surface area contributed by atoms with Crippen LogP contribution >= 0.6 is 11.8 Å². The Labute approximate surface area is 213 Å². The number of hydrogen-bond donors (Lipinski definition) is 2. The number of nitro benzene ring substituents is 1. The van der Waals surface area contributed by atoms with E-state index in [9.17, 15) is 14.9 Å². The van der Waals surface area contributed by atoms with Gasteiger partial charge in [-0.05, 0) is 42.7 Å². The molecule has 2 amide bonds. The molecular weight excluding hydrogens is 476 g/mol. The number of para-hydroxylation sites is 1. The van der Waals surface area contributed by atoms with E-state index in [2.05, 4.69) is 26.9 Å². The summed E-state index contributed by atoms with van der Waals surface area (Å²) in [6, 6.07) is 21.7. The number of anilines is 1. The lowest BCUT2D eigenvalue weighted by Gasteiger charge is -2.13. The zero-order valence-corrected chi connectivity index (χ0v) is 20.8. The van der Waals surface area contributed by atoms with Gasteiger partial charge in [-0.15, -0.1) is 10.2 Å². The summed E-state index contributed by atoms with van der Waals surface area (Å²) in [5, 5.41) is 26.1. The van der Waals surface area contributed by atoms with Crippen LogP contribution in [0.5, 0.6) is 0 Å². The molecule has 3 aromatic carbocycles. The van der Waals surface area contributed by atoms with Gasteiger partial charge in [0.15, 0.2) is 11.0 Å². The summed E-state index contributed by atoms with van der Waals surface area (Å²) in [5.41, 5.74) is 4.78. The number of aromatic nitrogens is 3. The number of aryl methyl sites for hydroxylation is 2. The third kappa shape index (κ3) is 6.08. The van der Waals surface area contributed by atoms with E-state index in [-0.39, 0.29) is 18.3 Å². The summed E-state index contributed by atoms with van der Waals surface area (Å²) in [6.45, 7) is 4.19. The Bertz CT molecular complexity index is 1370. The molecule has 0 bridgehead atoms. The highest BCUT2D eigenvalue weighted by molar-refractivity contribution is 7.98. The van der Waals surface area contributed by atoms with Crippen molar-refractivity contribution in [2.45, 2.75) is 37.7 Å². The van der Waals surface area contributed by atoms with Crippen LogP contribution in [0.2, 0.25) is 0 Å². The molecular formula is C26H26N6O3S. The van der Waals surface area contributed by atoms with E-state index in [1.165, 1.54) is 29.5 Å². The first kappa shape index (κ1) is 24.9. The maximum absolute atomic E-state index is 12.6. The first-order valence-electron chi connectivity index (χ1n) is 11.4. The minimum Gasteiger partial charge on any atom is -0.331 e. The van der Waals surface area contributed by atoms with E-state index in [0.717, 1.165) is 23.2 Å². The highest BCUT2D eigenvalue weighted by Crippen LogP contribution is 2.27. The van der Waals surface area contributed by atoms with Crippen LogP contribution in [-0.2, 0) is 18.7 Å². The van der Waals surface area contributed by atoms with E-state index in [1.807, 2.05) is 60.9 Å². The fraction of sp³-hybridized carbons (Fsp3) is 0.192. The number of thioether (sulfide) groups is 1. The molecule has 0 radical (unpaired) electrons. The summed E-state index contributed by atoms with van der Waals surface area (Å²) in [5.74, 6) is 1.18. The summed E-state index contributed by atoms with van der Waals surface area (Å²) >= 11 is 1.50. The van der Waals surface area contributed by atoms with Gasteiger partial charge in [0, 0.05) is 29.3 Å². The van der Waals surface area contributed by atoms with Crippen molar-refractivity contribution in [1.29, 1.82) is 0 Å². The van der Waals surface area contributed by atoms with Gasteiger partial charge in [-0.25, -0.2) is 4.79 Å².